The molecule has 0 saturated heterocycles. The molecule has 0 fully saturated rings. The van der Waals surface area contributed by atoms with Gasteiger partial charge in [-0.2, -0.15) is 0 Å². The molecule has 28 heavy (non-hydrogen) atoms. The number of amides is 2. The largest absolute Gasteiger partial charge is 0.496 e. The number of aromatic nitrogens is 1. The van der Waals surface area contributed by atoms with Crippen LogP contribution in [0.5, 0.6) is 5.75 Å². The van der Waals surface area contributed by atoms with Crippen LogP contribution in [0, 0.1) is 13.8 Å². The summed E-state index contributed by atoms with van der Waals surface area (Å²) in [5.41, 5.74) is 3.82. The smallest absolute Gasteiger partial charge is 0.256 e. The van der Waals surface area contributed by atoms with Gasteiger partial charge in [0.15, 0.2) is 0 Å². The van der Waals surface area contributed by atoms with Crippen molar-refractivity contribution in [2.24, 2.45) is 0 Å². The second-order valence-corrected chi connectivity index (χ2v) is 6.36. The van der Waals surface area contributed by atoms with E-state index < -0.39 is 0 Å². The number of carbonyl (C=O) groups is 2. The van der Waals surface area contributed by atoms with Crippen LogP contribution in [0.4, 0.5) is 11.4 Å². The maximum Gasteiger partial charge on any atom is 0.256 e. The monoisotopic (exact) mass is 375 g/mol. The summed E-state index contributed by atoms with van der Waals surface area (Å²) in [6.07, 6.45) is 3.21. The first-order valence-electron chi connectivity index (χ1n) is 8.76. The molecular formula is C22H21N3O3. The van der Waals surface area contributed by atoms with E-state index in [0.29, 0.717) is 22.5 Å². The lowest BCUT2D eigenvalue weighted by Crippen LogP contribution is -2.16. The Morgan fingerprint density at radius 3 is 2.36 bits per heavy atom. The third-order valence-electron chi connectivity index (χ3n) is 4.32. The van der Waals surface area contributed by atoms with Gasteiger partial charge in [0.25, 0.3) is 11.8 Å². The first-order valence-corrected chi connectivity index (χ1v) is 8.76. The fraction of sp³-hybridized carbons (Fsp3) is 0.136. The van der Waals surface area contributed by atoms with Crippen LogP contribution in [0.25, 0.3) is 0 Å². The standard InChI is InChI=1S/C22H21N3O3/c1-14-6-8-17(12-19(14)22(27)25-18-5-4-10-23-13-18)24-21(26)16-7-9-20(28-3)15(2)11-16/h4-13H,1-3H3,(H,24,26)(H,25,27). The Balaban J connectivity index is 1.78. The number of rotatable bonds is 5. The highest BCUT2D eigenvalue weighted by Gasteiger charge is 2.13. The molecule has 0 bridgehead atoms. The summed E-state index contributed by atoms with van der Waals surface area (Å²) in [7, 11) is 1.59. The Kier molecular flexibility index (Phi) is 5.69. The molecule has 6 heteroatoms. The second-order valence-electron chi connectivity index (χ2n) is 6.36. The van der Waals surface area contributed by atoms with E-state index in [1.807, 2.05) is 13.8 Å². The number of hydrogen-bond donors (Lipinski definition) is 2. The molecule has 0 spiro atoms. The SMILES string of the molecule is COc1ccc(C(=O)Nc2ccc(C)c(C(=O)Nc3cccnc3)c2)cc1C. The van der Waals surface area contributed by atoms with Crippen molar-refractivity contribution >= 4 is 23.2 Å². The minimum atomic E-state index is -0.262. The lowest BCUT2D eigenvalue weighted by Gasteiger charge is -2.12. The van der Waals surface area contributed by atoms with Gasteiger partial charge in [0.05, 0.1) is 19.0 Å². The Bertz CT molecular complexity index is 1020. The molecular weight excluding hydrogens is 354 g/mol. The first-order chi connectivity index (χ1) is 13.5. The lowest BCUT2D eigenvalue weighted by atomic mass is 10.1. The van der Waals surface area contributed by atoms with E-state index in [2.05, 4.69) is 15.6 Å². The lowest BCUT2D eigenvalue weighted by molar-refractivity contribution is 0.101. The van der Waals surface area contributed by atoms with E-state index in [1.54, 1.807) is 68.0 Å². The number of nitrogens with one attached hydrogen (secondary N) is 2. The van der Waals surface area contributed by atoms with Gasteiger partial charge in [-0.3, -0.25) is 14.6 Å². The van der Waals surface area contributed by atoms with Gasteiger partial charge < -0.3 is 15.4 Å². The van der Waals surface area contributed by atoms with Gasteiger partial charge in [0, 0.05) is 23.0 Å². The number of aryl methyl sites for hydroxylation is 2. The molecule has 0 unspecified atom stereocenters. The predicted molar refractivity (Wildman–Crippen MR) is 109 cm³/mol. The number of ether oxygens (including phenoxy) is 1. The molecule has 2 N–H and O–H groups in total. The van der Waals surface area contributed by atoms with Crippen molar-refractivity contribution in [1.82, 2.24) is 4.98 Å². The Labute approximate surface area is 163 Å². The highest BCUT2D eigenvalue weighted by Crippen LogP contribution is 2.21. The van der Waals surface area contributed by atoms with Crippen molar-refractivity contribution in [3.8, 4) is 5.75 Å². The van der Waals surface area contributed by atoms with Crippen LogP contribution in [-0.4, -0.2) is 23.9 Å². The van der Waals surface area contributed by atoms with Crippen molar-refractivity contribution < 1.29 is 14.3 Å². The topological polar surface area (TPSA) is 80.3 Å². The van der Waals surface area contributed by atoms with Gasteiger partial charge in [0.1, 0.15) is 5.75 Å². The zero-order valence-electron chi connectivity index (χ0n) is 15.9. The Morgan fingerprint density at radius 2 is 1.68 bits per heavy atom. The number of pyridine rings is 1. The molecule has 1 aromatic heterocycles. The van der Waals surface area contributed by atoms with Crippen molar-refractivity contribution in [2.45, 2.75) is 13.8 Å². The number of benzene rings is 2. The van der Waals surface area contributed by atoms with Crippen LogP contribution in [-0.2, 0) is 0 Å². The molecule has 6 nitrogen and oxygen atoms in total. The van der Waals surface area contributed by atoms with Crippen LogP contribution in [0.15, 0.2) is 60.9 Å². The Hall–Kier alpha value is -3.67. The molecule has 0 atom stereocenters. The quantitative estimate of drug-likeness (QED) is 0.700. The predicted octanol–water partition coefficient (Wildman–Crippen LogP) is 4.21. The van der Waals surface area contributed by atoms with Crippen LogP contribution in [0.2, 0.25) is 0 Å². The third-order valence-corrected chi connectivity index (χ3v) is 4.32. The summed E-state index contributed by atoms with van der Waals surface area (Å²) >= 11 is 0. The highest BCUT2D eigenvalue weighted by molar-refractivity contribution is 6.08. The molecule has 0 aliphatic carbocycles. The van der Waals surface area contributed by atoms with Crippen LogP contribution >= 0.6 is 0 Å². The van der Waals surface area contributed by atoms with Crippen molar-refractivity contribution in [3.63, 3.8) is 0 Å². The Morgan fingerprint density at radius 1 is 0.893 bits per heavy atom. The third kappa shape index (κ3) is 4.35. The molecule has 0 aliphatic heterocycles. The van der Waals surface area contributed by atoms with E-state index in [4.69, 9.17) is 4.74 Å². The van der Waals surface area contributed by atoms with Gasteiger partial charge >= 0.3 is 0 Å². The fourth-order valence-corrected chi connectivity index (χ4v) is 2.80. The number of nitrogens with zero attached hydrogens (tertiary/aromatic N) is 1. The maximum atomic E-state index is 12.6. The average Bonchev–Trinajstić information content (AvgIpc) is 2.70. The van der Waals surface area contributed by atoms with Crippen LogP contribution in [0.1, 0.15) is 31.8 Å². The van der Waals surface area contributed by atoms with Crippen molar-refractivity contribution in [2.75, 3.05) is 17.7 Å². The molecule has 3 rings (SSSR count). The summed E-state index contributed by atoms with van der Waals surface area (Å²) in [4.78, 5) is 29.1. The van der Waals surface area contributed by atoms with Crippen LogP contribution in [0.3, 0.4) is 0 Å². The number of carbonyl (C=O) groups excluding carboxylic acids is 2. The molecule has 2 aromatic carbocycles. The normalized spacial score (nSPS) is 10.2. The summed E-state index contributed by atoms with van der Waals surface area (Å²) in [5, 5.41) is 5.64. The van der Waals surface area contributed by atoms with Crippen LogP contribution < -0.4 is 15.4 Å². The molecule has 1 heterocycles. The molecule has 0 radical (unpaired) electrons. The molecule has 3 aromatic rings. The first kappa shape index (κ1) is 19.1. The van der Waals surface area contributed by atoms with Gasteiger partial charge in [-0.05, 0) is 67.4 Å². The zero-order chi connectivity index (χ0) is 20.1. The molecule has 0 aliphatic rings. The molecule has 142 valence electrons. The molecule has 2 amide bonds. The summed E-state index contributed by atoms with van der Waals surface area (Å²) in [6.45, 7) is 3.72. The van der Waals surface area contributed by atoms with E-state index in [0.717, 1.165) is 16.9 Å². The maximum absolute atomic E-state index is 12.6. The summed E-state index contributed by atoms with van der Waals surface area (Å²) in [5.74, 6) is 0.205. The van der Waals surface area contributed by atoms with E-state index in [9.17, 15) is 9.59 Å². The fourth-order valence-electron chi connectivity index (χ4n) is 2.80. The number of hydrogen-bond acceptors (Lipinski definition) is 4. The van der Waals surface area contributed by atoms with Gasteiger partial charge in [-0.1, -0.05) is 6.07 Å². The van der Waals surface area contributed by atoms with E-state index >= 15 is 0 Å². The zero-order valence-corrected chi connectivity index (χ0v) is 15.9. The van der Waals surface area contributed by atoms with Gasteiger partial charge in [0.2, 0.25) is 0 Å². The summed E-state index contributed by atoms with van der Waals surface area (Å²) < 4.78 is 5.22. The average molecular weight is 375 g/mol. The molecule has 0 saturated carbocycles. The van der Waals surface area contributed by atoms with Crippen molar-refractivity contribution in [1.29, 1.82) is 0 Å². The van der Waals surface area contributed by atoms with E-state index in [-0.39, 0.29) is 11.8 Å². The minimum Gasteiger partial charge on any atom is -0.496 e. The number of anilines is 2. The van der Waals surface area contributed by atoms with Gasteiger partial charge in [-0.15, -0.1) is 0 Å². The minimum absolute atomic E-state index is 0.256. The number of methoxy groups -OCH3 is 1. The second kappa shape index (κ2) is 8.35. The van der Waals surface area contributed by atoms with Gasteiger partial charge in [-0.25, -0.2) is 0 Å². The van der Waals surface area contributed by atoms with Crippen molar-refractivity contribution in [3.05, 3.63) is 83.2 Å². The summed E-state index contributed by atoms with van der Waals surface area (Å²) in [6, 6.07) is 14.0. The highest BCUT2D eigenvalue weighted by atomic mass is 16.5. The van der Waals surface area contributed by atoms with E-state index in [1.165, 1.54) is 0 Å².